The number of methoxy groups -OCH3 is 1. The molecule has 1 heterocycles. The van der Waals surface area contributed by atoms with Crippen LogP contribution in [0.25, 0.3) is 0 Å². The Morgan fingerprint density at radius 1 is 1.24 bits per heavy atom. The van der Waals surface area contributed by atoms with Crippen LogP contribution in [-0.2, 0) is 4.74 Å². The van der Waals surface area contributed by atoms with E-state index in [1.807, 2.05) is 0 Å². The van der Waals surface area contributed by atoms with Crippen molar-refractivity contribution in [3.8, 4) is 0 Å². The fourth-order valence-electron chi connectivity index (χ4n) is 0.888. The van der Waals surface area contributed by atoms with Gasteiger partial charge in [-0.15, -0.1) is 10.2 Å². The molecule has 4 nitrogen and oxygen atoms in total. The first-order valence-electron chi connectivity index (χ1n) is 4.59. The second kappa shape index (κ2) is 5.42. The number of alkyl halides is 3. The lowest BCUT2D eigenvalue weighted by atomic mass is 10.3. The number of pyridine rings is 1. The Morgan fingerprint density at radius 3 is 2.29 bits per heavy atom. The van der Waals surface area contributed by atoms with Gasteiger partial charge in [0.15, 0.2) is 0 Å². The van der Waals surface area contributed by atoms with Crippen LogP contribution in [0, 0.1) is 0 Å². The highest BCUT2D eigenvalue weighted by molar-refractivity contribution is 5.95. The highest BCUT2D eigenvalue weighted by Gasteiger charge is 2.32. The first kappa shape index (κ1) is 13.1. The zero-order valence-electron chi connectivity index (χ0n) is 9.19. The minimum Gasteiger partial charge on any atom is -0.479 e. The van der Waals surface area contributed by atoms with Gasteiger partial charge in [-0.25, -0.2) is 0 Å². The number of nitrogens with zero attached hydrogens (tertiary/aromatic N) is 3. The predicted molar refractivity (Wildman–Crippen MR) is 56.9 cm³/mol. The van der Waals surface area contributed by atoms with Crippen LogP contribution in [0.4, 0.5) is 13.2 Å². The number of ether oxygens (including phenoxy) is 1. The number of halogens is 3. The molecule has 0 atom stereocenters. The first-order valence-corrected chi connectivity index (χ1v) is 4.59. The third kappa shape index (κ3) is 3.86. The van der Waals surface area contributed by atoms with Gasteiger partial charge >= 0.3 is 6.18 Å². The SMILES string of the molecule is CO/C(=N\N=C(\C)C(F)(F)F)c1ccncc1. The molecule has 1 rings (SSSR count). The molecule has 0 aliphatic rings. The minimum absolute atomic E-state index is 0.00370. The van der Waals surface area contributed by atoms with E-state index in [1.165, 1.54) is 19.5 Å². The summed E-state index contributed by atoms with van der Waals surface area (Å²) in [6.07, 6.45) is -1.53. The van der Waals surface area contributed by atoms with E-state index in [0.717, 1.165) is 6.92 Å². The first-order chi connectivity index (χ1) is 7.95. The molecule has 0 unspecified atom stereocenters. The average molecular weight is 245 g/mol. The van der Waals surface area contributed by atoms with Gasteiger partial charge in [-0.1, -0.05) is 0 Å². The number of hydrogen-bond donors (Lipinski definition) is 0. The van der Waals surface area contributed by atoms with Gasteiger partial charge in [-0.05, 0) is 19.1 Å². The standard InChI is InChI=1S/C10H10F3N3O/c1-7(10(11,12)13)15-16-9(17-2)8-3-5-14-6-4-8/h3-6H,1-2H3/b15-7-,16-9-. The number of hydrogen-bond acceptors (Lipinski definition) is 4. The minimum atomic E-state index is -4.49. The Morgan fingerprint density at radius 2 is 1.82 bits per heavy atom. The number of aromatic nitrogens is 1. The maximum Gasteiger partial charge on any atom is 0.431 e. The van der Waals surface area contributed by atoms with Crippen LogP contribution in [0.1, 0.15) is 12.5 Å². The van der Waals surface area contributed by atoms with Crippen molar-refractivity contribution >= 4 is 11.6 Å². The van der Waals surface area contributed by atoms with Crippen LogP contribution >= 0.6 is 0 Å². The molecule has 92 valence electrons. The molecule has 0 amide bonds. The van der Waals surface area contributed by atoms with Gasteiger partial charge < -0.3 is 4.74 Å². The monoisotopic (exact) mass is 245 g/mol. The summed E-state index contributed by atoms with van der Waals surface area (Å²) in [5, 5.41) is 6.49. The van der Waals surface area contributed by atoms with Gasteiger partial charge in [0.1, 0.15) is 5.71 Å². The van der Waals surface area contributed by atoms with Gasteiger partial charge in [0.2, 0.25) is 5.90 Å². The van der Waals surface area contributed by atoms with E-state index in [9.17, 15) is 13.2 Å². The summed E-state index contributed by atoms with van der Waals surface area (Å²) in [5.74, 6) is -0.00370. The predicted octanol–water partition coefficient (Wildman–Crippen LogP) is 2.41. The third-order valence-electron chi connectivity index (χ3n) is 1.82. The summed E-state index contributed by atoms with van der Waals surface area (Å²) in [6, 6.07) is 3.11. The molecule has 0 aliphatic heterocycles. The van der Waals surface area contributed by atoms with Crippen molar-refractivity contribution in [1.82, 2.24) is 4.98 Å². The van der Waals surface area contributed by atoms with E-state index < -0.39 is 11.9 Å². The van der Waals surface area contributed by atoms with Crippen molar-refractivity contribution in [2.45, 2.75) is 13.1 Å². The summed E-state index contributed by atoms with van der Waals surface area (Å²) >= 11 is 0. The Labute approximate surface area is 95.8 Å². The second-order valence-corrected chi connectivity index (χ2v) is 3.03. The fourth-order valence-corrected chi connectivity index (χ4v) is 0.888. The van der Waals surface area contributed by atoms with Gasteiger partial charge in [-0.3, -0.25) is 4.98 Å². The van der Waals surface area contributed by atoms with E-state index in [1.54, 1.807) is 12.1 Å². The Kier molecular flexibility index (Phi) is 4.19. The van der Waals surface area contributed by atoms with Gasteiger partial charge in [0.25, 0.3) is 0 Å². The molecule has 1 aromatic rings. The van der Waals surface area contributed by atoms with E-state index in [0.29, 0.717) is 5.56 Å². The van der Waals surface area contributed by atoms with Crippen LogP contribution in [0.15, 0.2) is 34.7 Å². The average Bonchev–Trinajstić information content (AvgIpc) is 2.29. The zero-order chi connectivity index (χ0) is 12.9. The molecule has 0 fully saturated rings. The summed E-state index contributed by atoms with van der Waals surface area (Å²) in [4.78, 5) is 3.77. The Hall–Kier alpha value is -1.92. The molecule has 7 heteroatoms. The molecular weight excluding hydrogens is 235 g/mol. The molecule has 0 saturated carbocycles. The van der Waals surface area contributed by atoms with Crippen molar-refractivity contribution in [2.24, 2.45) is 10.2 Å². The molecule has 1 aromatic heterocycles. The summed E-state index contributed by atoms with van der Waals surface area (Å²) < 4.78 is 41.3. The second-order valence-electron chi connectivity index (χ2n) is 3.03. The lowest BCUT2D eigenvalue weighted by Gasteiger charge is -2.04. The van der Waals surface area contributed by atoms with Gasteiger partial charge in [-0.2, -0.15) is 13.2 Å². The molecule has 0 spiro atoms. The summed E-state index contributed by atoms with van der Waals surface area (Å²) in [6.45, 7) is 0.837. The Bertz CT molecular complexity index is 426. The van der Waals surface area contributed by atoms with Gasteiger partial charge in [0.05, 0.1) is 7.11 Å². The van der Waals surface area contributed by atoms with Crippen LogP contribution in [-0.4, -0.2) is 29.9 Å². The molecule has 0 saturated heterocycles. The van der Waals surface area contributed by atoms with E-state index in [4.69, 9.17) is 4.74 Å². The fraction of sp³-hybridized carbons (Fsp3) is 0.300. The summed E-state index contributed by atoms with van der Waals surface area (Å²) in [7, 11) is 1.30. The van der Waals surface area contributed by atoms with E-state index in [2.05, 4.69) is 15.2 Å². The molecule has 0 aliphatic carbocycles. The normalized spacial score (nSPS) is 13.7. The molecule has 0 bridgehead atoms. The quantitative estimate of drug-likeness (QED) is 0.456. The smallest absolute Gasteiger partial charge is 0.431 e. The van der Waals surface area contributed by atoms with Crippen LogP contribution in [0.5, 0.6) is 0 Å². The zero-order valence-corrected chi connectivity index (χ0v) is 9.19. The van der Waals surface area contributed by atoms with Crippen molar-refractivity contribution in [3.05, 3.63) is 30.1 Å². The number of rotatable bonds is 2. The Balaban J connectivity index is 2.97. The molecular formula is C10H10F3N3O. The molecule has 17 heavy (non-hydrogen) atoms. The van der Waals surface area contributed by atoms with Crippen molar-refractivity contribution in [2.75, 3.05) is 7.11 Å². The molecule has 0 radical (unpaired) electrons. The lowest BCUT2D eigenvalue weighted by molar-refractivity contribution is -0.0593. The third-order valence-corrected chi connectivity index (χ3v) is 1.82. The summed E-state index contributed by atoms with van der Waals surface area (Å²) in [5.41, 5.74) is -0.540. The topological polar surface area (TPSA) is 46.8 Å². The largest absolute Gasteiger partial charge is 0.479 e. The van der Waals surface area contributed by atoms with Crippen molar-refractivity contribution in [3.63, 3.8) is 0 Å². The van der Waals surface area contributed by atoms with Crippen molar-refractivity contribution < 1.29 is 17.9 Å². The van der Waals surface area contributed by atoms with Crippen LogP contribution in [0.3, 0.4) is 0 Å². The lowest BCUT2D eigenvalue weighted by Crippen LogP contribution is -2.19. The van der Waals surface area contributed by atoms with Crippen LogP contribution < -0.4 is 0 Å². The van der Waals surface area contributed by atoms with E-state index in [-0.39, 0.29) is 5.90 Å². The molecule has 0 aromatic carbocycles. The maximum absolute atomic E-state index is 12.2. The maximum atomic E-state index is 12.2. The van der Waals surface area contributed by atoms with Crippen LogP contribution in [0.2, 0.25) is 0 Å². The highest BCUT2D eigenvalue weighted by Crippen LogP contribution is 2.17. The molecule has 0 N–H and O–H groups in total. The highest BCUT2D eigenvalue weighted by atomic mass is 19.4. The van der Waals surface area contributed by atoms with Crippen molar-refractivity contribution in [1.29, 1.82) is 0 Å². The van der Waals surface area contributed by atoms with E-state index >= 15 is 0 Å². The van der Waals surface area contributed by atoms with Gasteiger partial charge in [0, 0.05) is 18.0 Å².